The molecule has 15 heavy (non-hydrogen) atoms. The number of nitrogens with two attached hydrogens (primary N) is 1. The van der Waals surface area contributed by atoms with Gasteiger partial charge in [-0.05, 0) is 44.2 Å². The van der Waals surface area contributed by atoms with Gasteiger partial charge in [-0.15, -0.1) is 0 Å². The number of hydrogen-bond donors (Lipinski definition) is 2. The smallest absolute Gasteiger partial charge is 0.126 e. The largest absolute Gasteiger partial charge is 0.397 e. The number of rotatable bonds is 2. The number of anilines is 2. The molecule has 0 radical (unpaired) electrons. The summed E-state index contributed by atoms with van der Waals surface area (Å²) in [5.41, 5.74) is 7.40. The summed E-state index contributed by atoms with van der Waals surface area (Å²) in [5.74, 6) is 1.80. The third kappa shape index (κ3) is 2.41. The van der Waals surface area contributed by atoms with Crippen LogP contribution in [0.1, 0.15) is 31.9 Å². The fraction of sp³-hybridized carbons (Fsp3) is 0.583. The third-order valence-corrected chi connectivity index (χ3v) is 3.17. The van der Waals surface area contributed by atoms with E-state index in [1.165, 1.54) is 19.3 Å². The molecule has 1 saturated carbocycles. The van der Waals surface area contributed by atoms with Crippen LogP contribution in [-0.4, -0.2) is 11.0 Å². The fourth-order valence-corrected chi connectivity index (χ4v) is 2.20. The highest BCUT2D eigenvalue weighted by Gasteiger charge is 2.21. The van der Waals surface area contributed by atoms with E-state index in [-0.39, 0.29) is 0 Å². The number of nitrogen functional groups attached to an aromatic ring is 1. The summed E-state index contributed by atoms with van der Waals surface area (Å²) < 4.78 is 0. The van der Waals surface area contributed by atoms with E-state index in [0.29, 0.717) is 6.04 Å². The van der Waals surface area contributed by atoms with E-state index in [9.17, 15) is 0 Å². The number of nitrogens with zero attached hydrogens (tertiary/aromatic N) is 1. The van der Waals surface area contributed by atoms with Crippen molar-refractivity contribution in [3.05, 3.63) is 17.8 Å². The van der Waals surface area contributed by atoms with Gasteiger partial charge in [0.15, 0.2) is 0 Å². The molecule has 1 fully saturated rings. The first kappa shape index (κ1) is 10.3. The van der Waals surface area contributed by atoms with Gasteiger partial charge in [0.2, 0.25) is 0 Å². The summed E-state index contributed by atoms with van der Waals surface area (Å²) in [4.78, 5) is 4.43. The summed E-state index contributed by atoms with van der Waals surface area (Å²) in [6, 6.07) is 4.48. The Hall–Kier alpha value is -1.25. The first-order valence-corrected chi connectivity index (χ1v) is 5.65. The van der Waals surface area contributed by atoms with Crippen molar-refractivity contribution in [2.75, 3.05) is 11.1 Å². The standard InChI is InChI=1S/C12H19N3/c1-8-3-4-10(7-8)15-12-6-5-11(13)9(2)14-12/h5-6,8,10H,3-4,7,13H2,1-2H3,(H,14,15). The number of aromatic nitrogens is 1. The Bertz CT molecular complexity index is 349. The van der Waals surface area contributed by atoms with Gasteiger partial charge in [-0.25, -0.2) is 4.98 Å². The molecule has 2 atom stereocenters. The molecule has 3 nitrogen and oxygen atoms in total. The van der Waals surface area contributed by atoms with Gasteiger partial charge in [0.05, 0.1) is 11.4 Å². The Kier molecular flexibility index (Phi) is 2.80. The predicted molar refractivity (Wildman–Crippen MR) is 63.8 cm³/mol. The highest BCUT2D eigenvalue weighted by molar-refractivity contribution is 5.49. The number of aryl methyl sites for hydroxylation is 1. The molecule has 0 spiro atoms. The maximum absolute atomic E-state index is 5.73. The van der Waals surface area contributed by atoms with Gasteiger partial charge in [-0.2, -0.15) is 0 Å². The van der Waals surface area contributed by atoms with E-state index in [1.807, 2.05) is 19.1 Å². The maximum Gasteiger partial charge on any atom is 0.126 e. The molecule has 0 aliphatic heterocycles. The van der Waals surface area contributed by atoms with Crippen molar-refractivity contribution in [1.29, 1.82) is 0 Å². The average molecular weight is 205 g/mol. The van der Waals surface area contributed by atoms with Crippen LogP contribution in [0.15, 0.2) is 12.1 Å². The summed E-state index contributed by atoms with van der Waals surface area (Å²) in [5, 5.41) is 3.47. The average Bonchev–Trinajstić information content (AvgIpc) is 2.58. The molecule has 0 saturated heterocycles. The van der Waals surface area contributed by atoms with Gasteiger partial charge in [0.25, 0.3) is 0 Å². The lowest BCUT2D eigenvalue weighted by Gasteiger charge is -2.13. The highest BCUT2D eigenvalue weighted by Crippen LogP contribution is 2.27. The lowest BCUT2D eigenvalue weighted by atomic mass is 10.1. The van der Waals surface area contributed by atoms with Gasteiger partial charge >= 0.3 is 0 Å². The Balaban J connectivity index is 2.02. The van der Waals surface area contributed by atoms with Gasteiger partial charge in [0, 0.05) is 6.04 Å². The molecule has 1 aromatic heterocycles. The first-order chi connectivity index (χ1) is 7.15. The monoisotopic (exact) mass is 205 g/mol. The Morgan fingerprint density at radius 2 is 2.20 bits per heavy atom. The molecule has 2 rings (SSSR count). The zero-order valence-corrected chi connectivity index (χ0v) is 9.46. The molecular weight excluding hydrogens is 186 g/mol. The summed E-state index contributed by atoms with van der Waals surface area (Å²) >= 11 is 0. The zero-order valence-electron chi connectivity index (χ0n) is 9.46. The molecule has 1 aromatic rings. The van der Waals surface area contributed by atoms with Crippen molar-refractivity contribution in [1.82, 2.24) is 4.98 Å². The third-order valence-electron chi connectivity index (χ3n) is 3.17. The number of nitrogens with one attached hydrogen (secondary N) is 1. The minimum absolute atomic E-state index is 0.593. The molecule has 1 aliphatic rings. The van der Waals surface area contributed by atoms with Gasteiger partial charge in [-0.1, -0.05) is 6.92 Å². The first-order valence-electron chi connectivity index (χ1n) is 5.65. The minimum atomic E-state index is 0.593. The zero-order chi connectivity index (χ0) is 10.8. The van der Waals surface area contributed by atoms with E-state index in [1.54, 1.807) is 0 Å². The van der Waals surface area contributed by atoms with E-state index in [2.05, 4.69) is 17.2 Å². The lowest BCUT2D eigenvalue weighted by Crippen LogP contribution is -2.16. The topological polar surface area (TPSA) is 50.9 Å². The van der Waals surface area contributed by atoms with Crippen molar-refractivity contribution in [2.24, 2.45) is 5.92 Å². The Labute approximate surface area is 91.1 Å². The molecule has 3 N–H and O–H groups in total. The van der Waals surface area contributed by atoms with Crippen molar-refractivity contribution in [3.8, 4) is 0 Å². The molecule has 3 heteroatoms. The van der Waals surface area contributed by atoms with Crippen LogP contribution >= 0.6 is 0 Å². The lowest BCUT2D eigenvalue weighted by molar-refractivity contribution is 0.602. The van der Waals surface area contributed by atoms with Gasteiger partial charge in [-0.3, -0.25) is 0 Å². The Morgan fingerprint density at radius 1 is 1.40 bits per heavy atom. The van der Waals surface area contributed by atoms with E-state index in [0.717, 1.165) is 23.1 Å². The second kappa shape index (κ2) is 4.09. The molecule has 0 aromatic carbocycles. The summed E-state index contributed by atoms with van der Waals surface area (Å²) in [7, 11) is 0. The summed E-state index contributed by atoms with van der Waals surface area (Å²) in [6.07, 6.45) is 3.84. The molecule has 1 heterocycles. The molecular formula is C12H19N3. The number of pyridine rings is 1. The van der Waals surface area contributed by atoms with Crippen LogP contribution in [0.3, 0.4) is 0 Å². The second-order valence-electron chi connectivity index (χ2n) is 4.63. The van der Waals surface area contributed by atoms with Crippen LogP contribution in [0, 0.1) is 12.8 Å². The van der Waals surface area contributed by atoms with E-state index < -0.39 is 0 Å². The molecule has 2 unspecified atom stereocenters. The van der Waals surface area contributed by atoms with Crippen LogP contribution in [-0.2, 0) is 0 Å². The van der Waals surface area contributed by atoms with E-state index >= 15 is 0 Å². The summed E-state index contributed by atoms with van der Waals surface area (Å²) in [6.45, 7) is 4.25. The predicted octanol–water partition coefficient (Wildman–Crippen LogP) is 2.57. The molecule has 0 bridgehead atoms. The van der Waals surface area contributed by atoms with Gasteiger partial charge < -0.3 is 11.1 Å². The quantitative estimate of drug-likeness (QED) is 0.780. The van der Waals surface area contributed by atoms with E-state index in [4.69, 9.17) is 5.73 Å². The van der Waals surface area contributed by atoms with Crippen LogP contribution in [0.2, 0.25) is 0 Å². The van der Waals surface area contributed by atoms with Crippen molar-refractivity contribution in [3.63, 3.8) is 0 Å². The van der Waals surface area contributed by atoms with Crippen LogP contribution in [0.5, 0.6) is 0 Å². The van der Waals surface area contributed by atoms with Crippen molar-refractivity contribution < 1.29 is 0 Å². The normalized spacial score (nSPS) is 25.5. The van der Waals surface area contributed by atoms with Crippen LogP contribution in [0.4, 0.5) is 11.5 Å². The second-order valence-corrected chi connectivity index (χ2v) is 4.63. The van der Waals surface area contributed by atoms with Crippen molar-refractivity contribution >= 4 is 11.5 Å². The highest BCUT2D eigenvalue weighted by atomic mass is 15.0. The van der Waals surface area contributed by atoms with Gasteiger partial charge in [0.1, 0.15) is 5.82 Å². The molecule has 0 amide bonds. The van der Waals surface area contributed by atoms with Crippen LogP contribution < -0.4 is 11.1 Å². The van der Waals surface area contributed by atoms with Crippen molar-refractivity contribution in [2.45, 2.75) is 39.2 Å². The number of hydrogen-bond acceptors (Lipinski definition) is 3. The SMILES string of the molecule is Cc1nc(NC2CCC(C)C2)ccc1N. The van der Waals surface area contributed by atoms with Crippen LogP contribution in [0.25, 0.3) is 0 Å². The molecule has 1 aliphatic carbocycles. The minimum Gasteiger partial charge on any atom is -0.397 e. The maximum atomic E-state index is 5.73. The Morgan fingerprint density at radius 3 is 2.80 bits per heavy atom. The fourth-order valence-electron chi connectivity index (χ4n) is 2.20. The molecule has 82 valence electrons.